The number of nitrogens with zero attached hydrogens (tertiary/aromatic N) is 2. The Hall–Kier alpha value is -2.99. The first-order valence-electron chi connectivity index (χ1n) is 7.60. The van der Waals surface area contributed by atoms with E-state index in [4.69, 9.17) is 21.1 Å². The van der Waals surface area contributed by atoms with Crippen LogP contribution in [0, 0.1) is 0 Å². The number of aryl methyl sites for hydroxylation is 1. The van der Waals surface area contributed by atoms with E-state index in [-0.39, 0.29) is 12.7 Å². The third-order valence-electron chi connectivity index (χ3n) is 3.88. The Balaban J connectivity index is 1.58. The summed E-state index contributed by atoms with van der Waals surface area (Å²) in [6, 6.07) is 12.3. The minimum Gasteiger partial charge on any atom is -0.454 e. The maximum Gasteiger partial charge on any atom is 0.257 e. The normalized spacial score (nSPS) is 12.2. The summed E-state index contributed by atoms with van der Waals surface area (Å²) in [7, 11) is 1.82. The first kappa shape index (κ1) is 15.5. The Morgan fingerprint density at radius 1 is 1.16 bits per heavy atom. The molecule has 126 valence electrons. The summed E-state index contributed by atoms with van der Waals surface area (Å²) in [5, 5.41) is 3.38. The highest BCUT2D eigenvalue weighted by atomic mass is 35.5. The molecule has 0 saturated heterocycles. The van der Waals surface area contributed by atoms with E-state index in [2.05, 4.69) is 10.3 Å². The van der Waals surface area contributed by atoms with Gasteiger partial charge in [0.05, 0.1) is 5.69 Å². The SMILES string of the molecule is Cn1cc(-c2ccc3c(c2)OCO3)nc1NC(=O)c1ccc(Cl)cc1. The summed E-state index contributed by atoms with van der Waals surface area (Å²) in [4.78, 5) is 16.8. The predicted octanol–water partition coefficient (Wildman–Crippen LogP) is 3.72. The van der Waals surface area contributed by atoms with Crippen LogP contribution in [0.2, 0.25) is 5.02 Å². The monoisotopic (exact) mass is 355 g/mol. The zero-order valence-electron chi connectivity index (χ0n) is 13.3. The molecule has 2 heterocycles. The second-order valence-corrected chi connectivity index (χ2v) is 6.03. The lowest BCUT2D eigenvalue weighted by Gasteiger charge is -2.04. The van der Waals surface area contributed by atoms with E-state index < -0.39 is 0 Å². The van der Waals surface area contributed by atoms with Crippen LogP contribution in [-0.2, 0) is 7.05 Å². The molecule has 0 atom stereocenters. The molecule has 1 N–H and O–H groups in total. The highest BCUT2D eigenvalue weighted by Gasteiger charge is 2.16. The summed E-state index contributed by atoms with van der Waals surface area (Å²) in [5.41, 5.74) is 2.12. The van der Waals surface area contributed by atoms with Gasteiger partial charge >= 0.3 is 0 Å². The molecule has 0 spiro atoms. The summed E-state index contributed by atoms with van der Waals surface area (Å²) in [6.45, 7) is 0.226. The minimum absolute atomic E-state index is 0.226. The van der Waals surface area contributed by atoms with Crippen molar-refractivity contribution in [3.63, 3.8) is 0 Å². The van der Waals surface area contributed by atoms with Gasteiger partial charge in [0.2, 0.25) is 12.7 Å². The minimum atomic E-state index is -0.248. The molecule has 4 rings (SSSR count). The fraction of sp³-hybridized carbons (Fsp3) is 0.111. The van der Waals surface area contributed by atoms with Crippen molar-refractivity contribution in [3.05, 3.63) is 59.2 Å². The first-order valence-corrected chi connectivity index (χ1v) is 7.98. The molecule has 0 fully saturated rings. The van der Waals surface area contributed by atoms with E-state index in [1.807, 2.05) is 31.4 Å². The van der Waals surface area contributed by atoms with Crippen LogP contribution in [0.15, 0.2) is 48.7 Å². The Morgan fingerprint density at radius 2 is 1.92 bits per heavy atom. The largest absolute Gasteiger partial charge is 0.454 e. The number of amides is 1. The smallest absolute Gasteiger partial charge is 0.257 e. The predicted molar refractivity (Wildman–Crippen MR) is 94.2 cm³/mol. The number of benzene rings is 2. The molecule has 1 aliphatic heterocycles. The van der Waals surface area contributed by atoms with Crippen molar-refractivity contribution in [1.29, 1.82) is 0 Å². The number of carbonyl (C=O) groups is 1. The van der Waals surface area contributed by atoms with Crippen LogP contribution in [0.3, 0.4) is 0 Å². The quantitative estimate of drug-likeness (QED) is 0.777. The van der Waals surface area contributed by atoms with Crippen molar-refractivity contribution < 1.29 is 14.3 Å². The summed E-state index contributed by atoms with van der Waals surface area (Å²) in [6.07, 6.45) is 1.84. The van der Waals surface area contributed by atoms with Crippen molar-refractivity contribution in [3.8, 4) is 22.8 Å². The molecule has 6 nitrogen and oxygen atoms in total. The topological polar surface area (TPSA) is 65.4 Å². The molecule has 25 heavy (non-hydrogen) atoms. The van der Waals surface area contributed by atoms with Crippen molar-refractivity contribution in [1.82, 2.24) is 9.55 Å². The number of hydrogen-bond acceptors (Lipinski definition) is 4. The second-order valence-electron chi connectivity index (χ2n) is 5.59. The van der Waals surface area contributed by atoms with Gasteiger partial charge in [-0.15, -0.1) is 0 Å². The zero-order chi connectivity index (χ0) is 17.4. The number of imidazole rings is 1. The average molecular weight is 356 g/mol. The van der Waals surface area contributed by atoms with Crippen LogP contribution in [0.4, 0.5) is 5.95 Å². The molecule has 1 aliphatic rings. The van der Waals surface area contributed by atoms with Gasteiger partial charge in [-0.05, 0) is 42.5 Å². The number of carbonyl (C=O) groups excluding carboxylic acids is 1. The fourth-order valence-electron chi connectivity index (χ4n) is 2.55. The van der Waals surface area contributed by atoms with Gasteiger partial charge < -0.3 is 14.0 Å². The number of anilines is 1. The zero-order valence-corrected chi connectivity index (χ0v) is 14.1. The number of rotatable bonds is 3. The van der Waals surface area contributed by atoms with Crippen LogP contribution >= 0.6 is 11.6 Å². The Labute approximate surface area is 149 Å². The maximum absolute atomic E-state index is 12.3. The van der Waals surface area contributed by atoms with Gasteiger partial charge in [0, 0.05) is 29.4 Å². The van der Waals surface area contributed by atoms with Gasteiger partial charge in [-0.2, -0.15) is 0 Å². The summed E-state index contributed by atoms with van der Waals surface area (Å²) in [5.74, 6) is 1.61. The molecule has 0 aliphatic carbocycles. The summed E-state index contributed by atoms with van der Waals surface area (Å²) < 4.78 is 12.5. The number of halogens is 1. The molecule has 7 heteroatoms. The van der Waals surface area contributed by atoms with Gasteiger partial charge in [-0.1, -0.05) is 11.6 Å². The van der Waals surface area contributed by atoms with Crippen LogP contribution < -0.4 is 14.8 Å². The van der Waals surface area contributed by atoms with Crippen LogP contribution in [-0.4, -0.2) is 22.3 Å². The summed E-state index contributed by atoms with van der Waals surface area (Å²) >= 11 is 5.85. The van der Waals surface area contributed by atoms with Crippen LogP contribution in [0.5, 0.6) is 11.5 Å². The van der Waals surface area contributed by atoms with Crippen LogP contribution in [0.1, 0.15) is 10.4 Å². The molecule has 1 aromatic heterocycles. The lowest BCUT2D eigenvalue weighted by molar-refractivity contribution is 0.102. The molecular formula is C18H14ClN3O3. The highest BCUT2D eigenvalue weighted by Crippen LogP contribution is 2.35. The second kappa shape index (κ2) is 6.14. The molecular weight excluding hydrogens is 342 g/mol. The van der Waals surface area contributed by atoms with E-state index in [1.54, 1.807) is 28.8 Å². The third kappa shape index (κ3) is 3.04. The van der Waals surface area contributed by atoms with E-state index in [1.165, 1.54) is 0 Å². The van der Waals surface area contributed by atoms with Gasteiger partial charge in [0.15, 0.2) is 11.5 Å². The fourth-order valence-corrected chi connectivity index (χ4v) is 2.68. The van der Waals surface area contributed by atoms with Crippen molar-refractivity contribution in [2.45, 2.75) is 0 Å². The van der Waals surface area contributed by atoms with Gasteiger partial charge in [0.1, 0.15) is 0 Å². The molecule has 0 unspecified atom stereocenters. The standard InChI is InChI=1S/C18H14ClN3O3/c1-22-9-14(12-4-7-15-16(8-12)25-10-24-15)20-18(22)21-17(23)11-2-5-13(19)6-3-11/h2-9H,10H2,1H3,(H,20,21,23). The van der Waals surface area contributed by atoms with Crippen molar-refractivity contribution >= 4 is 23.5 Å². The van der Waals surface area contributed by atoms with E-state index in [9.17, 15) is 4.79 Å². The number of fused-ring (bicyclic) bond motifs is 1. The van der Waals surface area contributed by atoms with Crippen LogP contribution in [0.25, 0.3) is 11.3 Å². The Kier molecular flexibility index (Phi) is 3.82. The van der Waals surface area contributed by atoms with Gasteiger partial charge in [0.25, 0.3) is 5.91 Å². The third-order valence-corrected chi connectivity index (χ3v) is 4.13. The molecule has 3 aromatic rings. The lowest BCUT2D eigenvalue weighted by atomic mass is 10.1. The number of nitrogens with one attached hydrogen (secondary N) is 1. The number of hydrogen-bond donors (Lipinski definition) is 1. The van der Waals surface area contributed by atoms with Crippen molar-refractivity contribution in [2.24, 2.45) is 7.05 Å². The number of ether oxygens (including phenoxy) is 2. The first-order chi connectivity index (χ1) is 12.1. The maximum atomic E-state index is 12.3. The molecule has 1 amide bonds. The lowest BCUT2D eigenvalue weighted by Crippen LogP contribution is -2.14. The molecule has 2 aromatic carbocycles. The van der Waals surface area contributed by atoms with Gasteiger partial charge in [-0.3, -0.25) is 10.1 Å². The van der Waals surface area contributed by atoms with Gasteiger partial charge in [-0.25, -0.2) is 4.98 Å². The molecule has 0 bridgehead atoms. The van der Waals surface area contributed by atoms with E-state index >= 15 is 0 Å². The molecule has 0 saturated carbocycles. The highest BCUT2D eigenvalue weighted by molar-refractivity contribution is 6.30. The Bertz CT molecular complexity index is 951. The van der Waals surface area contributed by atoms with E-state index in [0.29, 0.717) is 22.3 Å². The van der Waals surface area contributed by atoms with E-state index in [0.717, 1.165) is 17.0 Å². The molecule has 0 radical (unpaired) electrons. The Morgan fingerprint density at radius 3 is 2.72 bits per heavy atom. The average Bonchev–Trinajstić information content (AvgIpc) is 3.21. The van der Waals surface area contributed by atoms with Crippen molar-refractivity contribution in [2.75, 3.05) is 12.1 Å². The number of aromatic nitrogens is 2.